The molecule has 0 heterocycles. The van der Waals surface area contributed by atoms with Crippen LogP contribution in [0.15, 0.2) is 48.5 Å². The zero-order chi connectivity index (χ0) is 13.8. The summed E-state index contributed by atoms with van der Waals surface area (Å²) in [4.78, 5) is 2.20. The number of benzene rings is 2. The summed E-state index contributed by atoms with van der Waals surface area (Å²) >= 11 is 0. The summed E-state index contributed by atoms with van der Waals surface area (Å²) in [5.74, 6) is 0. The van der Waals surface area contributed by atoms with Gasteiger partial charge in [-0.25, -0.2) is 5.11 Å². The molecule has 20 heavy (non-hydrogen) atoms. The minimum absolute atomic E-state index is 0.0656. The number of anilines is 1. The molecular weight excluding hydrogens is 246 g/mol. The molecule has 0 atom stereocenters. The number of hydrogen-bond donors (Lipinski definition) is 0. The van der Waals surface area contributed by atoms with Crippen LogP contribution in [0, 0.1) is 0 Å². The van der Waals surface area contributed by atoms with Crippen molar-refractivity contribution in [2.24, 2.45) is 0 Å². The van der Waals surface area contributed by atoms with Gasteiger partial charge in [-0.1, -0.05) is 36.4 Å². The first-order valence-electron chi connectivity index (χ1n) is 7.35. The van der Waals surface area contributed by atoms with Gasteiger partial charge < -0.3 is 4.90 Å². The zero-order valence-corrected chi connectivity index (χ0v) is 11.7. The van der Waals surface area contributed by atoms with Gasteiger partial charge in [-0.05, 0) is 48.1 Å². The van der Waals surface area contributed by atoms with Crippen molar-refractivity contribution in [3.8, 4) is 0 Å². The first kappa shape index (κ1) is 13.2. The Morgan fingerprint density at radius 3 is 2.55 bits per heavy atom. The first-order chi connectivity index (χ1) is 9.86. The van der Waals surface area contributed by atoms with Crippen LogP contribution < -0.4 is 4.90 Å². The third-order valence-electron chi connectivity index (χ3n) is 4.02. The van der Waals surface area contributed by atoms with E-state index in [-0.39, 0.29) is 6.61 Å². The summed E-state index contributed by atoms with van der Waals surface area (Å²) in [6.07, 6.45) is 3.65. The minimum Gasteiger partial charge on any atom is -0.365 e. The molecule has 2 nitrogen and oxygen atoms in total. The summed E-state index contributed by atoms with van der Waals surface area (Å²) in [6.45, 7) is 1.31. The Bertz CT molecular complexity index is 565. The highest BCUT2D eigenvalue weighted by Crippen LogP contribution is 2.27. The maximum absolute atomic E-state index is 11.1. The van der Waals surface area contributed by atoms with E-state index >= 15 is 0 Å². The molecule has 0 N–H and O–H groups in total. The van der Waals surface area contributed by atoms with E-state index in [0.29, 0.717) is 6.54 Å². The van der Waals surface area contributed by atoms with E-state index in [1.54, 1.807) is 0 Å². The van der Waals surface area contributed by atoms with Gasteiger partial charge in [0, 0.05) is 18.8 Å². The van der Waals surface area contributed by atoms with Crippen LogP contribution in [0.4, 0.5) is 5.69 Å². The highest BCUT2D eigenvalue weighted by Gasteiger charge is 2.14. The van der Waals surface area contributed by atoms with Gasteiger partial charge in [-0.15, -0.1) is 0 Å². The lowest BCUT2D eigenvalue weighted by molar-refractivity contribution is 0.200. The maximum atomic E-state index is 11.1. The van der Waals surface area contributed by atoms with Crippen LogP contribution in [0.3, 0.4) is 0 Å². The first-order valence-corrected chi connectivity index (χ1v) is 7.35. The van der Waals surface area contributed by atoms with Crippen molar-refractivity contribution in [2.75, 3.05) is 18.1 Å². The van der Waals surface area contributed by atoms with E-state index in [9.17, 15) is 5.11 Å². The molecule has 1 radical (unpaired) electrons. The fourth-order valence-electron chi connectivity index (χ4n) is 2.97. The van der Waals surface area contributed by atoms with Gasteiger partial charge >= 0.3 is 0 Å². The molecule has 0 bridgehead atoms. The Hall–Kier alpha value is -1.80. The second kappa shape index (κ2) is 6.10. The summed E-state index contributed by atoms with van der Waals surface area (Å²) in [5.41, 5.74) is 5.38. The standard InChI is InChI=1S/C18H20NO/c20-12-11-19(14-15-5-2-1-3-6-15)18-10-9-16-7-4-8-17(16)13-18/h1-3,5-6,9-10,13H,4,7-8,11-12,14H2. The Kier molecular flexibility index (Phi) is 4.03. The average Bonchev–Trinajstić information content (AvgIpc) is 2.95. The molecule has 3 rings (SSSR count). The van der Waals surface area contributed by atoms with Crippen LogP contribution in [0.5, 0.6) is 0 Å². The molecule has 2 aromatic rings. The van der Waals surface area contributed by atoms with Crippen molar-refractivity contribution in [1.29, 1.82) is 0 Å². The molecule has 2 heteroatoms. The van der Waals surface area contributed by atoms with E-state index < -0.39 is 0 Å². The highest BCUT2D eigenvalue weighted by molar-refractivity contribution is 5.52. The number of aryl methyl sites for hydroxylation is 2. The second-order valence-electron chi connectivity index (χ2n) is 5.42. The van der Waals surface area contributed by atoms with Gasteiger partial charge in [-0.2, -0.15) is 0 Å². The lowest BCUT2D eigenvalue weighted by Gasteiger charge is -2.24. The molecule has 1 aliphatic carbocycles. The number of rotatable bonds is 5. The molecule has 103 valence electrons. The Morgan fingerprint density at radius 1 is 0.950 bits per heavy atom. The van der Waals surface area contributed by atoms with Crippen LogP contribution in [0.1, 0.15) is 23.1 Å². The molecule has 0 saturated heterocycles. The fourth-order valence-corrected chi connectivity index (χ4v) is 2.97. The topological polar surface area (TPSA) is 23.1 Å². The summed E-state index contributed by atoms with van der Waals surface area (Å²) in [6, 6.07) is 17.0. The van der Waals surface area contributed by atoms with Crippen molar-refractivity contribution in [3.05, 3.63) is 65.2 Å². The fraction of sp³-hybridized carbons (Fsp3) is 0.333. The molecule has 0 amide bonds. The Morgan fingerprint density at radius 2 is 1.75 bits per heavy atom. The van der Waals surface area contributed by atoms with Gasteiger partial charge in [0.05, 0.1) is 6.61 Å². The molecule has 1 aliphatic rings. The lowest BCUT2D eigenvalue weighted by Crippen LogP contribution is -2.25. The van der Waals surface area contributed by atoms with Crippen LogP contribution in [0.2, 0.25) is 0 Å². The Labute approximate surface area is 120 Å². The van der Waals surface area contributed by atoms with E-state index in [4.69, 9.17) is 0 Å². The molecule has 0 aliphatic heterocycles. The van der Waals surface area contributed by atoms with Crippen LogP contribution in [-0.2, 0) is 24.5 Å². The second-order valence-corrected chi connectivity index (χ2v) is 5.42. The normalized spacial score (nSPS) is 13.2. The van der Waals surface area contributed by atoms with Crippen molar-refractivity contribution < 1.29 is 5.11 Å². The van der Waals surface area contributed by atoms with Crippen molar-refractivity contribution >= 4 is 5.69 Å². The van der Waals surface area contributed by atoms with Gasteiger partial charge in [0.25, 0.3) is 0 Å². The number of nitrogens with zero attached hydrogens (tertiary/aromatic N) is 1. The number of fused-ring (bicyclic) bond motifs is 1. The quantitative estimate of drug-likeness (QED) is 0.810. The predicted molar refractivity (Wildman–Crippen MR) is 81.5 cm³/mol. The van der Waals surface area contributed by atoms with Crippen molar-refractivity contribution in [2.45, 2.75) is 25.8 Å². The average molecular weight is 266 g/mol. The van der Waals surface area contributed by atoms with E-state index in [1.807, 2.05) is 18.2 Å². The predicted octanol–water partition coefficient (Wildman–Crippen LogP) is 3.61. The molecule has 0 fully saturated rings. The van der Waals surface area contributed by atoms with E-state index in [2.05, 4.69) is 35.2 Å². The van der Waals surface area contributed by atoms with E-state index in [1.165, 1.54) is 41.6 Å². The Balaban J connectivity index is 1.83. The summed E-state index contributed by atoms with van der Waals surface area (Å²) in [5, 5.41) is 11.1. The molecule has 0 unspecified atom stereocenters. The van der Waals surface area contributed by atoms with Crippen LogP contribution >= 0.6 is 0 Å². The molecule has 0 spiro atoms. The third kappa shape index (κ3) is 2.86. The zero-order valence-electron chi connectivity index (χ0n) is 11.7. The van der Waals surface area contributed by atoms with Crippen LogP contribution in [-0.4, -0.2) is 13.2 Å². The summed E-state index contributed by atoms with van der Waals surface area (Å²) in [7, 11) is 0. The van der Waals surface area contributed by atoms with Gasteiger partial charge in [0.2, 0.25) is 0 Å². The maximum Gasteiger partial charge on any atom is 0.0997 e. The number of hydrogen-bond acceptors (Lipinski definition) is 1. The third-order valence-corrected chi connectivity index (χ3v) is 4.02. The van der Waals surface area contributed by atoms with Gasteiger partial charge in [0.1, 0.15) is 0 Å². The molecule has 2 aromatic carbocycles. The van der Waals surface area contributed by atoms with Gasteiger partial charge in [0.15, 0.2) is 0 Å². The highest BCUT2D eigenvalue weighted by atomic mass is 16.3. The molecule has 0 aromatic heterocycles. The monoisotopic (exact) mass is 266 g/mol. The lowest BCUT2D eigenvalue weighted by atomic mass is 10.1. The van der Waals surface area contributed by atoms with Crippen molar-refractivity contribution in [3.63, 3.8) is 0 Å². The van der Waals surface area contributed by atoms with Crippen molar-refractivity contribution in [1.82, 2.24) is 0 Å². The molecule has 0 saturated carbocycles. The summed E-state index contributed by atoms with van der Waals surface area (Å²) < 4.78 is 0. The smallest absolute Gasteiger partial charge is 0.0997 e. The van der Waals surface area contributed by atoms with E-state index in [0.717, 1.165) is 6.54 Å². The van der Waals surface area contributed by atoms with Crippen LogP contribution in [0.25, 0.3) is 0 Å². The largest absolute Gasteiger partial charge is 0.365 e. The minimum atomic E-state index is -0.0656. The SMILES string of the molecule is [O]CCN(Cc1ccccc1)c1ccc2c(c1)CCC2. The molecular formula is C18H20NO. The van der Waals surface area contributed by atoms with Gasteiger partial charge in [-0.3, -0.25) is 0 Å².